The highest BCUT2D eigenvalue weighted by atomic mass is 35.5. The van der Waals surface area contributed by atoms with Crippen molar-refractivity contribution in [2.24, 2.45) is 0 Å². The first-order chi connectivity index (χ1) is 14.8. The minimum atomic E-state index is -0.281. The van der Waals surface area contributed by atoms with Crippen LogP contribution in [0.2, 0.25) is 5.02 Å². The molecule has 154 valence electrons. The molecule has 0 aliphatic heterocycles. The Morgan fingerprint density at radius 3 is 2.65 bits per heavy atom. The molecule has 0 aliphatic rings. The third-order valence-corrected chi connectivity index (χ3v) is 5.59. The van der Waals surface area contributed by atoms with E-state index in [1.807, 2.05) is 26.8 Å². The molecule has 0 bridgehead atoms. The van der Waals surface area contributed by atoms with Crippen molar-refractivity contribution < 1.29 is 0 Å². The Morgan fingerprint density at radius 1 is 1.16 bits per heavy atom. The summed E-state index contributed by atoms with van der Waals surface area (Å²) in [6, 6.07) is 12.3. The smallest absolute Gasteiger partial charge is 0.269 e. The van der Waals surface area contributed by atoms with Gasteiger partial charge < -0.3 is 9.55 Å². The minimum Gasteiger partial charge on any atom is -0.346 e. The first-order valence-corrected chi connectivity index (χ1v) is 10.1. The average molecular weight is 431 g/mol. The maximum atomic E-state index is 12.5. The number of nitrogens with one attached hydrogen (secondary N) is 1. The number of hydrogen-bond donors (Lipinski definition) is 1. The maximum absolute atomic E-state index is 12.5. The van der Waals surface area contributed by atoms with Gasteiger partial charge in [-0.25, -0.2) is 4.98 Å². The molecule has 0 spiro atoms. The Balaban J connectivity index is 2.14. The number of nitrogens with zero attached hydrogens (tertiary/aromatic N) is 3. The Hall–Kier alpha value is -3.69. The fourth-order valence-corrected chi connectivity index (χ4v) is 3.85. The fourth-order valence-electron chi connectivity index (χ4n) is 3.63. The topological polar surface area (TPSA) is 91.5 Å². The van der Waals surface area contributed by atoms with E-state index in [2.05, 4.69) is 11.1 Å². The van der Waals surface area contributed by atoms with Gasteiger partial charge in [0.2, 0.25) is 0 Å². The number of fused-ring (bicyclic) bond motifs is 1. The molecule has 0 saturated heterocycles. The molecule has 0 amide bonds. The van der Waals surface area contributed by atoms with Crippen LogP contribution in [0.15, 0.2) is 58.4 Å². The predicted octanol–water partition coefficient (Wildman–Crippen LogP) is 4.83. The van der Waals surface area contributed by atoms with Gasteiger partial charge in [0.05, 0.1) is 22.7 Å². The van der Waals surface area contributed by atoms with E-state index in [0.29, 0.717) is 33.4 Å². The van der Waals surface area contributed by atoms with Gasteiger partial charge in [-0.15, -0.1) is 0 Å². The largest absolute Gasteiger partial charge is 0.346 e. The molecular formula is C24H19ClN4O2. The molecule has 7 heteroatoms. The first-order valence-electron chi connectivity index (χ1n) is 9.76. The van der Waals surface area contributed by atoms with Crippen LogP contribution in [0.1, 0.15) is 31.0 Å². The van der Waals surface area contributed by atoms with Crippen LogP contribution in [0.4, 0.5) is 0 Å². The van der Waals surface area contributed by atoms with Crippen LogP contribution in [0.3, 0.4) is 0 Å². The number of halogens is 1. The van der Waals surface area contributed by atoms with Gasteiger partial charge in [0.25, 0.3) is 5.56 Å². The second-order valence-corrected chi connectivity index (χ2v) is 8.00. The van der Waals surface area contributed by atoms with Crippen molar-refractivity contribution in [2.45, 2.75) is 26.8 Å². The summed E-state index contributed by atoms with van der Waals surface area (Å²) in [4.78, 5) is 32.7. The second-order valence-electron chi connectivity index (χ2n) is 7.60. The molecule has 3 heterocycles. The maximum Gasteiger partial charge on any atom is 0.269 e. The SMILES string of the molecule is Cc1c(C#N)cccc1-c1nc2[nH]ccc(=O)c2cc1-c1cc(Cl)c(=O)n(C(C)C)c1. The molecule has 1 aromatic carbocycles. The molecule has 3 aromatic heterocycles. The van der Waals surface area contributed by atoms with Crippen molar-refractivity contribution in [1.29, 1.82) is 5.26 Å². The van der Waals surface area contributed by atoms with Crippen LogP contribution in [0.25, 0.3) is 33.4 Å². The van der Waals surface area contributed by atoms with E-state index in [0.717, 1.165) is 11.1 Å². The quantitative estimate of drug-likeness (QED) is 0.503. The van der Waals surface area contributed by atoms with Crippen molar-refractivity contribution in [2.75, 3.05) is 0 Å². The van der Waals surface area contributed by atoms with Crippen molar-refractivity contribution in [3.63, 3.8) is 0 Å². The summed E-state index contributed by atoms with van der Waals surface area (Å²) in [6.45, 7) is 5.65. The van der Waals surface area contributed by atoms with Crippen molar-refractivity contribution in [1.82, 2.24) is 14.5 Å². The number of pyridine rings is 3. The molecule has 4 aromatic rings. The predicted molar refractivity (Wildman–Crippen MR) is 122 cm³/mol. The molecule has 0 saturated carbocycles. The minimum absolute atomic E-state index is 0.0849. The molecule has 1 N–H and O–H groups in total. The molecular weight excluding hydrogens is 412 g/mol. The van der Waals surface area contributed by atoms with Crippen LogP contribution in [0, 0.1) is 18.3 Å². The lowest BCUT2D eigenvalue weighted by Crippen LogP contribution is -2.21. The molecule has 4 rings (SSSR count). The lowest BCUT2D eigenvalue weighted by atomic mass is 9.94. The molecule has 0 atom stereocenters. The average Bonchev–Trinajstić information content (AvgIpc) is 2.75. The van der Waals surface area contributed by atoms with E-state index in [9.17, 15) is 14.9 Å². The monoisotopic (exact) mass is 430 g/mol. The van der Waals surface area contributed by atoms with E-state index in [4.69, 9.17) is 16.6 Å². The van der Waals surface area contributed by atoms with Gasteiger partial charge in [-0.1, -0.05) is 23.7 Å². The fraction of sp³-hybridized carbons (Fsp3) is 0.167. The number of aromatic amines is 1. The number of nitriles is 1. The lowest BCUT2D eigenvalue weighted by molar-refractivity contribution is 0.579. The van der Waals surface area contributed by atoms with Crippen molar-refractivity contribution in [3.8, 4) is 28.5 Å². The molecule has 0 radical (unpaired) electrons. The summed E-state index contributed by atoms with van der Waals surface area (Å²) in [7, 11) is 0. The van der Waals surface area contributed by atoms with Gasteiger partial charge >= 0.3 is 0 Å². The summed E-state index contributed by atoms with van der Waals surface area (Å²) >= 11 is 6.28. The third-order valence-electron chi connectivity index (χ3n) is 5.32. The Morgan fingerprint density at radius 2 is 1.94 bits per heavy atom. The van der Waals surface area contributed by atoms with Crippen LogP contribution in [-0.2, 0) is 0 Å². The van der Waals surface area contributed by atoms with E-state index >= 15 is 0 Å². The van der Waals surface area contributed by atoms with Crippen LogP contribution in [0.5, 0.6) is 0 Å². The van der Waals surface area contributed by atoms with Gasteiger partial charge in [-0.3, -0.25) is 9.59 Å². The van der Waals surface area contributed by atoms with E-state index in [1.54, 1.807) is 41.2 Å². The third kappa shape index (κ3) is 3.54. The highest BCUT2D eigenvalue weighted by Gasteiger charge is 2.18. The van der Waals surface area contributed by atoms with Gasteiger partial charge in [0.1, 0.15) is 10.7 Å². The first kappa shape index (κ1) is 20.6. The number of hydrogen-bond acceptors (Lipinski definition) is 4. The summed E-state index contributed by atoms with van der Waals surface area (Å²) in [5.41, 5.74) is 3.98. The van der Waals surface area contributed by atoms with Crippen molar-refractivity contribution in [3.05, 3.63) is 85.5 Å². The lowest BCUT2D eigenvalue weighted by Gasteiger charge is -2.16. The number of H-pyrrole nitrogens is 1. The summed E-state index contributed by atoms with van der Waals surface area (Å²) < 4.78 is 1.55. The van der Waals surface area contributed by atoms with E-state index < -0.39 is 0 Å². The molecule has 0 fully saturated rings. The van der Waals surface area contributed by atoms with Gasteiger partial charge in [-0.05, 0) is 44.5 Å². The summed E-state index contributed by atoms with van der Waals surface area (Å²) in [5, 5.41) is 9.98. The standard InChI is InChI=1S/C24H19ClN4O2/c1-13(2)29-12-16(9-20(25)24(29)31)18-10-19-21(30)7-8-27-23(19)28-22(18)17-6-4-5-15(11-26)14(17)3/h4-10,12-13H,1-3H3,(H,27,28,30). The van der Waals surface area contributed by atoms with Crippen LogP contribution < -0.4 is 11.0 Å². The van der Waals surface area contributed by atoms with Gasteiger partial charge in [0.15, 0.2) is 5.43 Å². The highest BCUT2D eigenvalue weighted by molar-refractivity contribution is 6.30. The summed E-state index contributed by atoms with van der Waals surface area (Å²) in [5.74, 6) is 0. The number of benzene rings is 1. The zero-order valence-electron chi connectivity index (χ0n) is 17.2. The Kier molecular flexibility index (Phi) is 5.22. The normalized spacial score (nSPS) is 11.1. The Labute approximate surface area is 183 Å². The zero-order valence-corrected chi connectivity index (χ0v) is 18.0. The van der Waals surface area contributed by atoms with Gasteiger partial charge in [0, 0.05) is 41.2 Å². The van der Waals surface area contributed by atoms with E-state index in [-0.39, 0.29) is 22.1 Å². The molecule has 6 nitrogen and oxygen atoms in total. The summed E-state index contributed by atoms with van der Waals surface area (Å²) in [6.07, 6.45) is 3.28. The zero-order chi connectivity index (χ0) is 22.3. The highest BCUT2D eigenvalue weighted by Crippen LogP contribution is 2.35. The molecule has 0 aliphatic carbocycles. The second kappa shape index (κ2) is 7.86. The number of rotatable bonds is 3. The van der Waals surface area contributed by atoms with Crippen LogP contribution >= 0.6 is 11.6 Å². The molecule has 31 heavy (non-hydrogen) atoms. The Bertz CT molecular complexity index is 1490. The van der Waals surface area contributed by atoms with Gasteiger partial charge in [-0.2, -0.15) is 5.26 Å². The van der Waals surface area contributed by atoms with Crippen molar-refractivity contribution >= 4 is 22.6 Å². The number of aromatic nitrogens is 3. The van der Waals surface area contributed by atoms with Crippen LogP contribution in [-0.4, -0.2) is 14.5 Å². The van der Waals surface area contributed by atoms with E-state index in [1.165, 1.54) is 6.07 Å². The molecule has 0 unspecified atom stereocenters.